The van der Waals surface area contributed by atoms with Gasteiger partial charge in [0.05, 0.1) is 36.7 Å². The summed E-state index contributed by atoms with van der Waals surface area (Å²) < 4.78 is 17.6. The van der Waals surface area contributed by atoms with E-state index in [1.807, 2.05) is 39.0 Å². The maximum atomic E-state index is 10.8. The molecule has 5 rings (SSSR count). The number of ether oxygens (including phenoxy) is 3. The molecule has 1 atom stereocenters. The third-order valence-electron chi connectivity index (χ3n) is 7.14. The number of aromatic amines is 1. The smallest absolute Gasteiger partial charge is 0.207 e. The molecule has 2 aromatic heterocycles. The number of imidazole rings is 1. The Bertz CT molecular complexity index is 1570. The summed E-state index contributed by atoms with van der Waals surface area (Å²) in [5, 5.41) is 12.7. The molecule has 2 aromatic carbocycles. The average Bonchev–Trinajstić information content (AvgIpc) is 3.46. The normalized spacial score (nSPS) is 14.3. The number of nitriles is 1. The molecule has 1 fully saturated rings. The molecular weight excluding hydrogens is 546 g/mol. The number of carbonyl (C=O) groups excluding carboxylic acids is 1. The lowest BCUT2D eigenvalue weighted by Gasteiger charge is -2.28. The molecule has 0 spiro atoms. The predicted molar refractivity (Wildman–Crippen MR) is 164 cm³/mol. The van der Waals surface area contributed by atoms with Gasteiger partial charge in [0.2, 0.25) is 6.41 Å². The molecule has 1 saturated heterocycles. The van der Waals surface area contributed by atoms with Gasteiger partial charge in [0.15, 0.2) is 5.65 Å². The first-order valence-electron chi connectivity index (χ1n) is 14.5. The topological polar surface area (TPSA) is 138 Å². The van der Waals surface area contributed by atoms with Crippen LogP contribution in [-0.4, -0.2) is 77.5 Å². The van der Waals surface area contributed by atoms with Gasteiger partial charge < -0.3 is 29.4 Å². The minimum atomic E-state index is -0.271. The van der Waals surface area contributed by atoms with Crippen molar-refractivity contribution in [1.82, 2.24) is 25.3 Å². The van der Waals surface area contributed by atoms with Gasteiger partial charge in [-0.05, 0) is 63.2 Å². The van der Waals surface area contributed by atoms with Crippen molar-refractivity contribution in [3.63, 3.8) is 0 Å². The number of nitrogens with one attached hydrogen (secondary N) is 2. The van der Waals surface area contributed by atoms with Gasteiger partial charge in [-0.25, -0.2) is 15.0 Å². The van der Waals surface area contributed by atoms with Gasteiger partial charge in [-0.3, -0.25) is 4.79 Å². The van der Waals surface area contributed by atoms with Crippen LogP contribution in [0.2, 0.25) is 0 Å². The number of amides is 1. The van der Waals surface area contributed by atoms with E-state index in [9.17, 15) is 10.1 Å². The summed E-state index contributed by atoms with van der Waals surface area (Å²) in [6.45, 7) is 10.2. The molecule has 3 heterocycles. The first-order valence-corrected chi connectivity index (χ1v) is 14.5. The zero-order chi connectivity index (χ0) is 30.2. The lowest BCUT2D eigenvalue weighted by atomic mass is 10.1. The monoisotopic (exact) mass is 583 g/mol. The van der Waals surface area contributed by atoms with Crippen molar-refractivity contribution in [2.45, 2.75) is 45.3 Å². The summed E-state index contributed by atoms with van der Waals surface area (Å²) in [5.41, 5.74) is 4.81. The highest BCUT2D eigenvalue weighted by Gasteiger charge is 2.19. The van der Waals surface area contributed by atoms with E-state index >= 15 is 0 Å². The Balaban J connectivity index is 1.36. The Labute approximate surface area is 251 Å². The number of carbonyl (C=O) groups is 1. The highest BCUT2D eigenvalue weighted by Crippen LogP contribution is 2.31. The van der Waals surface area contributed by atoms with E-state index in [2.05, 4.69) is 43.4 Å². The van der Waals surface area contributed by atoms with Gasteiger partial charge in [0.25, 0.3) is 0 Å². The van der Waals surface area contributed by atoms with Crippen molar-refractivity contribution >= 4 is 23.3 Å². The van der Waals surface area contributed by atoms with Crippen LogP contribution in [0.1, 0.15) is 39.2 Å². The van der Waals surface area contributed by atoms with E-state index in [-0.39, 0.29) is 11.7 Å². The van der Waals surface area contributed by atoms with Crippen molar-refractivity contribution in [3.05, 3.63) is 54.4 Å². The SMILES string of the molecule is CC(C)(C)OCCC(CCNC=O)Oc1ccc(-c2ncnc3nc(-c4ccc(N5CCOCC5)cc4)[nH]c23)cc1C#N. The molecule has 1 amide bonds. The Morgan fingerprint density at radius 1 is 1.12 bits per heavy atom. The van der Waals surface area contributed by atoms with Gasteiger partial charge in [-0.2, -0.15) is 5.26 Å². The second kappa shape index (κ2) is 13.6. The van der Waals surface area contributed by atoms with Crippen LogP contribution in [0.25, 0.3) is 33.8 Å². The maximum absolute atomic E-state index is 10.8. The van der Waals surface area contributed by atoms with Crippen molar-refractivity contribution in [1.29, 1.82) is 5.26 Å². The van der Waals surface area contributed by atoms with Crippen LogP contribution in [0.3, 0.4) is 0 Å². The number of rotatable bonds is 12. The fraction of sp³-hybridized carbons (Fsp3) is 0.406. The zero-order valence-corrected chi connectivity index (χ0v) is 24.8. The highest BCUT2D eigenvalue weighted by molar-refractivity contribution is 5.89. The van der Waals surface area contributed by atoms with Crippen molar-refractivity contribution in [3.8, 4) is 34.5 Å². The van der Waals surface area contributed by atoms with Crippen molar-refractivity contribution in [2.24, 2.45) is 0 Å². The van der Waals surface area contributed by atoms with Crippen molar-refractivity contribution < 1.29 is 19.0 Å². The Morgan fingerprint density at radius 2 is 1.88 bits per heavy atom. The van der Waals surface area contributed by atoms with Gasteiger partial charge in [-0.15, -0.1) is 0 Å². The molecule has 1 aliphatic rings. The third-order valence-corrected chi connectivity index (χ3v) is 7.14. The minimum Gasteiger partial charge on any atom is -0.489 e. The molecule has 0 aliphatic carbocycles. The quantitative estimate of drug-likeness (QED) is 0.183. The number of nitrogens with zero attached hydrogens (tertiary/aromatic N) is 5. The molecule has 1 aliphatic heterocycles. The van der Waals surface area contributed by atoms with E-state index < -0.39 is 0 Å². The number of anilines is 1. The maximum Gasteiger partial charge on any atom is 0.207 e. The largest absolute Gasteiger partial charge is 0.489 e. The number of hydrogen-bond donors (Lipinski definition) is 2. The minimum absolute atomic E-state index is 0.247. The van der Waals surface area contributed by atoms with E-state index in [4.69, 9.17) is 19.2 Å². The van der Waals surface area contributed by atoms with Crippen molar-refractivity contribution in [2.75, 3.05) is 44.4 Å². The molecule has 0 radical (unpaired) electrons. The fourth-order valence-electron chi connectivity index (χ4n) is 4.94. The molecule has 0 bridgehead atoms. The number of fused-ring (bicyclic) bond motifs is 1. The molecule has 4 aromatic rings. The molecular formula is C32H37N7O4. The van der Waals surface area contributed by atoms with E-state index in [0.717, 1.165) is 43.1 Å². The number of aromatic nitrogens is 4. The molecule has 11 heteroatoms. The van der Waals surface area contributed by atoms with E-state index in [1.54, 1.807) is 12.1 Å². The Morgan fingerprint density at radius 3 is 2.60 bits per heavy atom. The average molecular weight is 584 g/mol. The summed E-state index contributed by atoms with van der Waals surface area (Å²) >= 11 is 0. The lowest BCUT2D eigenvalue weighted by Crippen LogP contribution is -2.36. The zero-order valence-electron chi connectivity index (χ0n) is 24.8. The summed E-state index contributed by atoms with van der Waals surface area (Å²) in [5.74, 6) is 1.16. The third kappa shape index (κ3) is 7.66. The van der Waals surface area contributed by atoms with Gasteiger partial charge >= 0.3 is 0 Å². The molecule has 1 unspecified atom stereocenters. The summed E-state index contributed by atoms with van der Waals surface area (Å²) in [7, 11) is 0. The van der Waals surface area contributed by atoms with Crippen LogP contribution < -0.4 is 15.0 Å². The highest BCUT2D eigenvalue weighted by atomic mass is 16.5. The second-order valence-corrected chi connectivity index (χ2v) is 11.3. The van der Waals surface area contributed by atoms with Crippen LogP contribution >= 0.6 is 0 Å². The van der Waals surface area contributed by atoms with Gasteiger partial charge in [0.1, 0.15) is 35.6 Å². The first kappa shape index (κ1) is 29.9. The number of morpholine rings is 1. The number of hydrogen-bond acceptors (Lipinski definition) is 9. The Hall–Kier alpha value is -4.53. The Kier molecular flexibility index (Phi) is 9.49. The van der Waals surface area contributed by atoms with E-state index in [0.29, 0.717) is 66.4 Å². The standard InChI is InChI=1S/C32H37N7O4/c1-32(2,3)42-15-11-26(10-12-34-21-40)43-27-9-6-23(18-24(27)19-33)28-29-31(36-20-35-28)38-30(37-29)22-4-7-25(8-5-22)39-13-16-41-17-14-39/h4-9,18,20-21,26H,10-17H2,1-3H3,(H,34,40)(H,35,36,37,38). The number of H-pyrrole nitrogens is 1. The van der Waals surface area contributed by atoms with Crippen LogP contribution in [-0.2, 0) is 14.3 Å². The van der Waals surface area contributed by atoms with Crippen LogP contribution in [0.5, 0.6) is 5.75 Å². The molecule has 11 nitrogen and oxygen atoms in total. The van der Waals surface area contributed by atoms with Gasteiger partial charge in [-0.1, -0.05) is 0 Å². The van der Waals surface area contributed by atoms with Crippen LogP contribution in [0.15, 0.2) is 48.8 Å². The number of benzene rings is 2. The van der Waals surface area contributed by atoms with Crippen LogP contribution in [0, 0.1) is 11.3 Å². The second-order valence-electron chi connectivity index (χ2n) is 11.3. The summed E-state index contributed by atoms with van der Waals surface area (Å²) in [6, 6.07) is 16.0. The molecule has 224 valence electrons. The molecule has 0 saturated carbocycles. The summed E-state index contributed by atoms with van der Waals surface area (Å²) in [6.07, 6.45) is 3.09. The fourth-order valence-corrected chi connectivity index (χ4v) is 4.94. The molecule has 43 heavy (non-hydrogen) atoms. The predicted octanol–water partition coefficient (Wildman–Crippen LogP) is 4.48. The lowest BCUT2D eigenvalue weighted by molar-refractivity contribution is -0.109. The van der Waals surface area contributed by atoms with Crippen LogP contribution in [0.4, 0.5) is 5.69 Å². The van der Waals surface area contributed by atoms with E-state index in [1.165, 1.54) is 6.33 Å². The molecule has 2 N–H and O–H groups in total. The summed E-state index contributed by atoms with van der Waals surface area (Å²) in [4.78, 5) is 30.1. The first-order chi connectivity index (χ1) is 20.8. The van der Waals surface area contributed by atoms with Gasteiger partial charge in [0, 0.05) is 49.3 Å².